The molecule has 0 amide bonds. The highest BCUT2D eigenvalue weighted by molar-refractivity contribution is 6.10. The fourth-order valence-corrected chi connectivity index (χ4v) is 2.19. The Morgan fingerprint density at radius 3 is 2.52 bits per heavy atom. The molecule has 0 saturated heterocycles. The SMILES string of the molecule is Fc1ccc(/C=C/C(=N/OCc2ccccc2)c2cccnc2)cc1. The van der Waals surface area contributed by atoms with E-state index < -0.39 is 0 Å². The molecule has 25 heavy (non-hydrogen) atoms. The molecule has 0 unspecified atom stereocenters. The Morgan fingerprint density at radius 2 is 1.80 bits per heavy atom. The van der Waals surface area contributed by atoms with Crippen molar-refractivity contribution in [2.75, 3.05) is 0 Å². The van der Waals surface area contributed by atoms with Crippen molar-refractivity contribution in [2.24, 2.45) is 5.16 Å². The lowest BCUT2D eigenvalue weighted by Crippen LogP contribution is -1.99. The van der Waals surface area contributed by atoms with E-state index in [9.17, 15) is 4.39 Å². The maximum atomic E-state index is 13.0. The first-order valence-electron chi connectivity index (χ1n) is 7.89. The van der Waals surface area contributed by atoms with Gasteiger partial charge in [-0.3, -0.25) is 4.98 Å². The normalized spacial score (nSPS) is 11.6. The van der Waals surface area contributed by atoms with Crippen LogP contribution in [0, 0.1) is 5.82 Å². The van der Waals surface area contributed by atoms with Crippen molar-refractivity contribution >= 4 is 11.8 Å². The van der Waals surface area contributed by atoms with Gasteiger partial charge >= 0.3 is 0 Å². The van der Waals surface area contributed by atoms with Crippen molar-refractivity contribution in [2.45, 2.75) is 6.61 Å². The second-order valence-corrected chi connectivity index (χ2v) is 5.36. The Kier molecular flexibility index (Phi) is 5.67. The molecular formula is C21H17FN2O. The predicted octanol–water partition coefficient (Wildman–Crippen LogP) is 4.86. The average molecular weight is 332 g/mol. The number of benzene rings is 2. The number of oxime groups is 1. The largest absolute Gasteiger partial charge is 0.390 e. The topological polar surface area (TPSA) is 34.5 Å². The van der Waals surface area contributed by atoms with Crippen molar-refractivity contribution < 1.29 is 9.23 Å². The Balaban J connectivity index is 1.77. The van der Waals surface area contributed by atoms with Gasteiger partial charge in [0.1, 0.15) is 18.1 Å². The van der Waals surface area contributed by atoms with Gasteiger partial charge in [-0.15, -0.1) is 0 Å². The number of nitrogens with zero attached hydrogens (tertiary/aromatic N) is 2. The lowest BCUT2D eigenvalue weighted by Gasteiger charge is -2.03. The molecule has 2 aromatic carbocycles. The molecule has 0 aliphatic rings. The van der Waals surface area contributed by atoms with E-state index in [4.69, 9.17) is 4.84 Å². The van der Waals surface area contributed by atoms with Crippen LogP contribution >= 0.6 is 0 Å². The molecule has 0 aliphatic carbocycles. The van der Waals surface area contributed by atoms with E-state index in [2.05, 4.69) is 10.1 Å². The van der Waals surface area contributed by atoms with Crippen LogP contribution in [-0.4, -0.2) is 10.7 Å². The zero-order valence-electron chi connectivity index (χ0n) is 13.5. The third-order valence-electron chi connectivity index (χ3n) is 3.50. The van der Waals surface area contributed by atoms with Crippen molar-refractivity contribution in [3.8, 4) is 0 Å². The minimum absolute atomic E-state index is 0.260. The molecule has 1 aromatic heterocycles. The molecule has 0 N–H and O–H groups in total. The fourth-order valence-electron chi connectivity index (χ4n) is 2.19. The van der Waals surface area contributed by atoms with Gasteiger partial charge in [0.05, 0.1) is 0 Å². The second-order valence-electron chi connectivity index (χ2n) is 5.36. The van der Waals surface area contributed by atoms with Gasteiger partial charge in [-0.05, 0) is 41.5 Å². The lowest BCUT2D eigenvalue weighted by atomic mass is 10.1. The molecule has 0 saturated carbocycles. The summed E-state index contributed by atoms with van der Waals surface area (Å²) in [5.41, 5.74) is 3.41. The first-order chi connectivity index (χ1) is 12.3. The highest BCUT2D eigenvalue weighted by Crippen LogP contribution is 2.09. The molecule has 3 aromatic rings. The molecule has 0 radical (unpaired) electrons. The van der Waals surface area contributed by atoms with Crippen molar-refractivity contribution in [3.05, 3.63) is 108 Å². The molecule has 4 heteroatoms. The maximum Gasteiger partial charge on any atom is 0.142 e. The van der Waals surface area contributed by atoms with E-state index in [1.54, 1.807) is 24.5 Å². The van der Waals surface area contributed by atoms with Crippen LogP contribution in [0.25, 0.3) is 6.08 Å². The summed E-state index contributed by atoms with van der Waals surface area (Å²) in [6.45, 7) is 0.384. The van der Waals surface area contributed by atoms with Gasteiger partial charge in [-0.25, -0.2) is 4.39 Å². The monoisotopic (exact) mass is 332 g/mol. The van der Waals surface area contributed by atoms with Gasteiger partial charge in [-0.1, -0.05) is 53.7 Å². The van der Waals surface area contributed by atoms with E-state index in [1.165, 1.54) is 12.1 Å². The molecule has 124 valence electrons. The highest BCUT2D eigenvalue weighted by Gasteiger charge is 2.01. The van der Waals surface area contributed by atoms with Crippen LogP contribution in [0.1, 0.15) is 16.7 Å². The number of pyridine rings is 1. The van der Waals surface area contributed by atoms with Gasteiger partial charge in [0.15, 0.2) is 0 Å². The first kappa shape index (κ1) is 16.6. The molecule has 0 fully saturated rings. The Bertz CT molecular complexity index is 844. The summed E-state index contributed by atoms with van der Waals surface area (Å²) in [6.07, 6.45) is 7.11. The summed E-state index contributed by atoms with van der Waals surface area (Å²) < 4.78 is 13.0. The third kappa shape index (κ3) is 5.11. The Labute approximate surface area is 146 Å². The van der Waals surface area contributed by atoms with E-state index in [1.807, 2.05) is 54.6 Å². The minimum Gasteiger partial charge on any atom is -0.390 e. The van der Waals surface area contributed by atoms with Gasteiger partial charge in [0.2, 0.25) is 0 Å². The summed E-state index contributed by atoms with van der Waals surface area (Å²) in [5.74, 6) is -0.260. The van der Waals surface area contributed by atoms with E-state index in [-0.39, 0.29) is 5.82 Å². The molecule has 0 aliphatic heterocycles. The van der Waals surface area contributed by atoms with Crippen LogP contribution in [0.5, 0.6) is 0 Å². The summed E-state index contributed by atoms with van der Waals surface area (Å²) in [5, 5.41) is 4.24. The van der Waals surface area contributed by atoms with Crippen LogP contribution in [0.15, 0.2) is 90.4 Å². The molecule has 3 nitrogen and oxygen atoms in total. The smallest absolute Gasteiger partial charge is 0.142 e. The number of aromatic nitrogens is 1. The van der Waals surface area contributed by atoms with E-state index in [0.717, 1.165) is 16.7 Å². The van der Waals surface area contributed by atoms with Crippen molar-refractivity contribution in [1.82, 2.24) is 4.98 Å². The number of hydrogen-bond acceptors (Lipinski definition) is 3. The summed E-state index contributed by atoms with van der Waals surface area (Å²) in [4.78, 5) is 9.61. The molecule has 1 heterocycles. The number of rotatable bonds is 6. The summed E-state index contributed by atoms with van der Waals surface area (Å²) in [7, 11) is 0. The number of hydrogen-bond donors (Lipinski definition) is 0. The minimum atomic E-state index is -0.260. The van der Waals surface area contributed by atoms with E-state index >= 15 is 0 Å². The number of halogens is 1. The quantitative estimate of drug-likeness (QED) is 0.477. The predicted molar refractivity (Wildman–Crippen MR) is 97.4 cm³/mol. The second kappa shape index (κ2) is 8.55. The fraction of sp³-hybridized carbons (Fsp3) is 0.0476. The molecule has 0 spiro atoms. The van der Waals surface area contributed by atoms with Gasteiger partial charge in [0.25, 0.3) is 0 Å². The zero-order valence-corrected chi connectivity index (χ0v) is 13.5. The van der Waals surface area contributed by atoms with Gasteiger partial charge in [-0.2, -0.15) is 0 Å². The van der Waals surface area contributed by atoms with Crippen LogP contribution in [0.2, 0.25) is 0 Å². The van der Waals surface area contributed by atoms with E-state index in [0.29, 0.717) is 12.3 Å². The standard InChI is InChI=1S/C21H17FN2O/c22-20-11-8-17(9-12-20)10-13-21(19-7-4-14-23-15-19)24-25-16-18-5-2-1-3-6-18/h1-15H,16H2/b13-10+,24-21-. The maximum absolute atomic E-state index is 13.0. The van der Waals surface area contributed by atoms with Crippen molar-refractivity contribution in [1.29, 1.82) is 0 Å². The molecular weight excluding hydrogens is 315 g/mol. The molecule has 0 bridgehead atoms. The van der Waals surface area contributed by atoms with Crippen LogP contribution in [-0.2, 0) is 11.4 Å². The summed E-state index contributed by atoms with van der Waals surface area (Å²) in [6, 6.07) is 19.8. The highest BCUT2D eigenvalue weighted by atomic mass is 19.1. The average Bonchev–Trinajstić information content (AvgIpc) is 2.67. The van der Waals surface area contributed by atoms with Crippen LogP contribution < -0.4 is 0 Å². The molecule has 0 atom stereocenters. The number of allylic oxidation sites excluding steroid dienone is 1. The zero-order chi connectivity index (χ0) is 17.3. The van der Waals surface area contributed by atoms with Gasteiger partial charge in [0, 0.05) is 18.0 Å². The lowest BCUT2D eigenvalue weighted by molar-refractivity contribution is 0.131. The summed E-state index contributed by atoms with van der Waals surface area (Å²) >= 11 is 0. The van der Waals surface area contributed by atoms with Gasteiger partial charge < -0.3 is 4.84 Å². The van der Waals surface area contributed by atoms with Crippen molar-refractivity contribution in [3.63, 3.8) is 0 Å². The van der Waals surface area contributed by atoms with Crippen LogP contribution in [0.3, 0.4) is 0 Å². The van der Waals surface area contributed by atoms with Crippen LogP contribution in [0.4, 0.5) is 4.39 Å². The Morgan fingerprint density at radius 1 is 1.00 bits per heavy atom. The first-order valence-corrected chi connectivity index (χ1v) is 7.89. The molecule has 3 rings (SSSR count). The third-order valence-corrected chi connectivity index (χ3v) is 3.50. The Hall–Kier alpha value is -3.27.